The number of hydrogen-bond donors (Lipinski definition) is 1. The van der Waals surface area contributed by atoms with E-state index < -0.39 is 0 Å². The molecule has 2 aromatic carbocycles. The van der Waals surface area contributed by atoms with Crippen LogP contribution in [0.5, 0.6) is 5.75 Å². The van der Waals surface area contributed by atoms with Crippen LogP contribution in [-0.4, -0.2) is 44.1 Å². The average molecular weight is 346 g/mol. The van der Waals surface area contributed by atoms with Crippen LogP contribution in [0.3, 0.4) is 0 Å². The summed E-state index contributed by atoms with van der Waals surface area (Å²) in [5.74, 6) is 0.793. The second-order valence-electron chi connectivity index (χ2n) is 6.08. The maximum absolute atomic E-state index is 12.6. The molecule has 1 N–H and O–H groups in total. The number of methoxy groups -OCH3 is 1. The summed E-state index contributed by atoms with van der Waals surface area (Å²) in [5.41, 5.74) is 1.93. The Kier molecular flexibility index (Phi) is 5.38. The van der Waals surface area contributed by atoms with Gasteiger partial charge in [0.25, 0.3) is 5.91 Å². The van der Waals surface area contributed by atoms with Crippen LogP contribution in [0, 0.1) is 0 Å². The standard InChI is InChI=1S/C19H21ClN2O2/c1-24-18-7-3-5-16(13-18)19(23)22-10-8-21(9-11-22)14-15-4-2-6-17(20)12-15/h2-7,12-13H,8-11,14H2,1H3/p+1. The molecule has 0 radical (unpaired) electrons. The van der Waals surface area contributed by atoms with E-state index >= 15 is 0 Å². The van der Waals surface area contributed by atoms with Crippen LogP contribution in [0.2, 0.25) is 5.02 Å². The summed E-state index contributed by atoms with van der Waals surface area (Å²) < 4.78 is 5.20. The van der Waals surface area contributed by atoms with Gasteiger partial charge in [-0.25, -0.2) is 0 Å². The zero-order chi connectivity index (χ0) is 16.9. The lowest BCUT2D eigenvalue weighted by atomic mass is 10.1. The van der Waals surface area contributed by atoms with Crippen LogP contribution in [0.25, 0.3) is 0 Å². The van der Waals surface area contributed by atoms with Gasteiger partial charge in [0.05, 0.1) is 33.3 Å². The smallest absolute Gasteiger partial charge is 0.254 e. The molecule has 0 unspecified atom stereocenters. The molecule has 1 fully saturated rings. The second-order valence-corrected chi connectivity index (χ2v) is 6.52. The van der Waals surface area contributed by atoms with E-state index in [1.165, 1.54) is 10.5 Å². The van der Waals surface area contributed by atoms with Crippen molar-refractivity contribution >= 4 is 17.5 Å². The summed E-state index contributed by atoms with van der Waals surface area (Å²) in [6.45, 7) is 4.38. The molecule has 0 spiro atoms. The van der Waals surface area contributed by atoms with Gasteiger partial charge in [-0.1, -0.05) is 29.8 Å². The van der Waals surface area contributed by atoms with Crippen LogP contribution in [0.1, 0.15) is 15.9 Å². The maximum atomic E-state index is 12.6. The summed E-state index contributed by atoms with van der Waals surface area (Å²) in [5, 5.41) is 0.777. The highest BCUT2D eigenvalue weighted by molar-refractivity contribution is 6.30. The number of carbonyl (C=O) groups is 1. The molecule has 1 saturated heterocycles. The number of ether oxygens (including phenoxy) is 1. The van der Waals surface area contributed by atoms with E-state index in [0.717, 1.165) is 37.7 Å². The molecular formula is C19H22ClN2O2+. The van der Waals surface area contributed by atoms with Gasteiger partial charge in [0.15, 0.2) is 0 Å². The van der Waals surface area contributed by atoms with Crippen LogP contribution >= 0.6 is 11.6 Å². The number of nitrogens with one attached hydrogen (secondary N) is 1. The Morgan fingerprint density at radius 1 is 1.17 bits per heavy atom. The predicted molar refractivity (Wildman–Crippen MR) is 94.8 cm³/mol. The third kappa shape index (κ3) is 4.08. The van der Waals surface area contributed by atoms with E-state index in [1.54, 1.807) is 13.2 Å². The molecule has 5 heteroatoms. The van der Waals surface area contributed by atoms with E-state index in [0.29, 0.717) is 11.3 Å². The molecule has 0 bridgehead atoms. The number of quaternary nitrogens is 1. The second kappa shape index (κ2) is 7.69. The highest BCUT2D eigenvalue weighted by atomic mass is 35.5. The van der Waals surface area contributed by atoms with Gasteiger partial charge >= 0.3 is 0 Å². The SMILES string of the molecule is COc1cccc(C(=O)N2CC[NH+](Cc3cccc(Cl)c3)CC2)c1. The molecule has 0 saturated carbocycles. The molecule has 24 heavy (non-hydrogen) atoms. The third-order valence-corrected chi connectivity index (χ3v) is 4.65. The quantitative estimate of drug-likeness (QED) is 0.918. The van der Waals surface area contributed by atoms with Crippen molar-refractivity contribution in [2.75, 3.05) is 33.3 Å². The van der Waals surface area contributed by atoms with E-state index in [1.807, 2.05) is 41.3 Å². The number of piperazine rings is 1. The number of nitrogens with zero attached hydrogens (tertiary/aromatic N) is 1. The zero-order valence-corrected chi connectivity index (χ0v) is 14.6. The number of benzene rings is 2. The molecule has 0 aliphatic carbocycles. The average Bonchev–Trinajstić information content (AvgIpc) is 2.62. The van der Waals surface area contributed by atoms with Gasteiger partial charge < -0.3 is 14.5 Å². The Balaban J connectivity index is 1.57. The number of hydrogen-bond acceptors (Lipinski definition) is 2. The topological polar surface area (TPSA) is 34.0 Å². The fourth-order valence-corrected chi connectivity index (χ4v) is 3.29. The lowest BCUT2D eigenvalue weighted by molar-refractivity contribution is -0.917. The van der Waals surface area contributed by atoms with E-state index in [-0.39, 0.29) is 5.91 Å². The first kappa shape index (κ1) is 16.8. The first-order valence-electron chi connectivity index (χ1n) is 8.17. The van der Waals surface area contributed by atoms with Crippen molar-refractivity contribution in [3.8, 4) is 5.75 Å². The van der Waals surface area contributed by atoms with Gasteiger partial charge in [0, 0.05) is 16.1 Å². The molecule has 1 heterocycles. The summed E-state index contributed by atoms with van der Waals surface area (Å²) in [6, 6.07) is 15.3. The van der Waals surface area contributed by atoms with Gasteiger partial charge in [0.2, 0.25) is 0 Å². The van der Waals surface area contributed by atoms with E-state index in [2.05, 4.69) is 6.07 Å². The van der Waals surface area contributed by atoms with E-state index in [9.17, 15) is 4.79 Å². The molecular weight excluding hydrogens is 324 g/mol. The highest BCUT2D eigenvalue weighted by Gasteiger charge is 2.24. The highest BCUT2D eigenvalue weighted by Crippen LogP contribution is 2.14. The minimum atomic E-state index is 0.0794. The monoisotopic (exact) mass is 345 g/mol. The molecule has 4 nitrogen and oxygen atoms in total. The molecule has 1 amide bonds. The Labute approximate surface area is 147 Å². The molecule has 126 valence electrons. The summed E-state index contributed by atoms with van der Waals surface area (Å²) >= 11 is 6.05. The van der Waals surface area contributed by atoms with Crippen molar-refractivity contribution in [1.82, 2.24) is 4.90 Å². The first-order valence-corrected chi connectivity index (χ1v) is 8.55. The van der Waals surface area contributed by atoms with Crippen LogP contribution in [0.15, 0.2) is 48.5 Å². The predicted octanol–water partition coefficient (Wildman–Crippen LogP) is 1.89. The van der Waals surface area contributed by atoms with Gasteiger partial charge in [-0.3, -0.25) is 4.79 Å². The third-order valence-electron chi connectivity index (χ3n) is 4.42. The first-order chi connectivity index (χ1) is 11.7. The molecule has 3 rings (SSSR count). The Hall–Kier alpha value is -2.04. The van der Waals surface area contributed by atoms with Gasteiger partial charge in [-0.2, -0.15) is 0 Å². The van der Waals surface area contributed by atoms with Crippen molar-refractivity contribution in [2.45, 2.75) is 6.54 Å². The van der Waals surface area contributed by atoms with Crippen molar-refractivity contribution < 1.29 is 14.4 Å². The van der Waals surface area contributed by atoms with Crippen molar-refractivity contribution in [2.24, 2.45) is 0 Å². The number of amides is 1. The normalized spacial score (nSPS) is 15.3. The van der Waals surface area contributed by atoms with Gasteiger partial charge in [0.1, 0.15) is 12.3 Å². The minimum Gasteiger partial charge on any atom is -0.497 e. The lowest BCUT2D eigenvalue weighted by Crippen LogP contribution is -3.13. The van der Waals surface area contributed by atoms with Crippen LogP contribution < -0.4 is 9.64 Å². The minimum absolute atomic E-state index is 0.0794. The summed E-state index contributed by atoms with van der Waals surface area (Å²) in [6.07, 6.45) is 0. The molecule has 1 aliphatic rings. The number of carbonyl (C=O) groups excluding carboxylic acids is 1. The fourth-order valence-electron chi connectivity index (χ4n) is 3.08. The van der Waals surface area contributed by atoms with Gasteiger partial charge in [-0.15, -0.1) is 0 Å². The zero-order valence-electron chi connectivity index (χ0n) is 13.8. The van der Waals surface area contributed by atoms with Gasteiger partial charge in [-0.05, 0) is 30.3 Å². The molecule has 0 aromatic heterocycles. The Morgan fingerprint density at radius 3 is 2.62 bits per heavy atom. The van der Waals surface area contributed by atoms with E-state index in [4.69, 9.17) is 16.3 Å². The lowest BCUT2D eigenvalue weighted by Gasteiger charge is -2.32. The largest absolute Gasteiger partial charge is 0.497 e. The Morgan fingerprint density at radius 2 is 1.92 bits per heavy atom. The van der Waals surface area contributed by atoms with Crippen molar-refractivity contribution in [1.29, 1.82) is 0 Å². The summed E-state index contributed by atoms with van der Waals surface area (Å²) in [7, 11) is 1.61. The number of halogens is 1. The van der Waals surface area contributed by atoms with Crippen molar-refractivity contribution in [3.05, 3.63) is 64.7 Å². The summed E-state index contributed by atoms with van der Waals surface area (Å²) in [4.78, 5) is 16.0. The molecule has 1 aliphatic heterocycles. The van der Waals surface area contributed by atoms with Crippen LogP contribution in [0.4, 0.5) is 0 Å². The van der Waals surface area contributed by atoms with Crippen molar-refractivity contribution in [3.63, 3.8) is 0 Å². The molecule has 2 aromatic rings. The number of rotatable bonds is 4. The maximum Gasteiger partial charge on any atom is 0.254 e. The van der Waals surface area contributed by atoms with Crippen LogP contribution in [-0.2, 0) is 6.54 Å². The Bertz CT molecular complexity index is 712. The fraction of sp³-hybridized carbons (Fsp3) is 0.316. The molecule has 0 atom stereocenters.